The van der Waals surface area contributed by atoms with Crippen LogP contribution in [0, 0.1) is 11.3 Å². The van der Waals surface area contributed by atoms with E-state index in [2.05, 4.69) is 20.9 Å². The average Bonchev–Trinajstić information content (AvgIpc) is 3.82. The van der Waals surface area contributed by atoms with E-state index in [0.717, 1.165) is 22.4 Å². The van der Waals surface area contributed by atoms with Crippen molar-refractivity contribution in [2.24, 2.45) is 11.3 Å². The van der Waals surface area contributed by atoms with Crippen molar-refractivity contribution < 1.29 is 37.8 Å². The molecule has 0 radical (unpaired) electrons. The average molecular weight is 656 g/mol. The number of ether oxygens (including phenoxy) is 2. The van der Waals surface area contributed by atoms with Gasteiger partial charge >= 0.3 is 5.97 Å². The SMILES string of the molecule is COC(=O)c1coc(-c2nc3oc2C24c5ccccc5N[C@@H]2Oc2ccc(cc24)C[C@H](NC(=O)[C@@H](O)C(C)C)C(=O)N[C@H]3C(C)(C)C)n1. The van der Waals surface area contributed by atoms with Gasteiger partial charge in [0.15, 0.2) is 23.4 Å². The Bertz CT molecular complexity index is 1940. The molecule has 13 nitrogen and oxygen atoms in total. The van der Waals surface area contributed by atoms with Gasteiger partial charge in [-0.15, -0.1) is 0 Å². The molecule has 0 saturated heterocycles. The Morgan fingerprint density at radius 1 is 1.10 bits per heavy atom. The molecule has 2 aromatic carbocycles. The Hall–Kier alpha value is -5.17. The molecule has 0 saturated carbocycles. The number of fused-ring (bicyclic) bond motifs is 4. The number of anilines is 1. The second kappa shape index (κ2) is 11.2. The van der Waals surface area contributed by atoms with E-state index < -0.39 is 53.0 Å². The Morgan fingerprint density at radius 3 is 2.60 bits per heavy atom. The van der Waals surface area contributed by atoms with Crippen LogP contribution in [0.1, 0.15) is 79.5 Å². The van der Waals surface area contributed by atoms with Crippen molar-refractivity contribution >= 4 is 23.5 Å². The summed E-state index contributed by atoms with van der Waals surface area (Å²) in [4.78, 5) is 48.9. The molecule has 7 rings (SSSR count). The predicted molar refractivity (Wildman–Crippen MR) is 171 cm³/mol. The minimum absolute atomic E-state index is 0.0178. The Balaban J connectivity index is 1.49. The number of rotatable bonds is 5. The lowest BCUT2D eigenvalue weighted by atomic mass is 9.72. The fourth-order valence-electron chi connectivity index (χ4n) is 6.70. The van der Waals surface area contributed by atoms with Gasteiger partial charge in [-0.1, -0.05) is 65.0 Å². The summed E-state index contributed by atoms with van der Waals surface area (Å²) in [6, 6.07) is 11.6. The highest BCUT2D eigenvalue weighted by molar-refractivity contribution is 5.90. The molecule has 2 aromatic heterocycles. The van der Waals surface area contributed by atoms with Crippen molar-refractivity contribution in [3.05, 3.63) is 82.8 Å². The van der Waals surface area contributed by atoms with E-state index in [1.165, 1.54) is 13.4 Å². The largest absolute Gasteiger partial charge is 0.469 e. The third kappa shape index (κ3) is 4.83. The highest BCUT2D eigenvalue weighted by atomic mass is 16.5. The van der Waals surface area contributed by atoms with Crippen molar-refractivity contribution in [1.82, 2.24) is 20.6 Å². The monoisotopic (exact) mass is 655 g/mol. The number of para-hydroxylation sites is 1. The van der Waals surface area contributed by atoms with Crippen LogP contribution in [0.4, 0.5) is 5.69 Å². The molecule has 5 heterocycles. The number of oxazole rings is 2. The van der Waals surface area contributed by atoms with Gasteiger partial charge in [-0.05, 0) is 34.6 Å². The fourth-order valence-corrected chi connectivity index (χ4v) is 6.70. The standard InChI is InChI=1S/C35H37N5O8/c1-16(2)25(41)29(43)36-21-14-17-11-12-23-19(13-17)35(18-9-7-8-10-20(18)38-33(35)47-23)27-24(30-37-22(15-46-30)32(44)45-6)39-31(48-27)26(34(3,4)5)40-28(21)42/h7-13,15-16,21,25-26,33,38,41H,14H2,1-6H3,(H,36,43)(H,40,42)/t21-,25-,26+,33+,35?/m0/s1. The van der Waals surface area contributed by atoms with Crippen LogP contribution in [0.2, 0.25) is 0 Å². The molecule has 250 valence electrons. The summed E-state index contributed by atoms with van der Waals surface area (Å²) < 4.78 is 24.1. The van der Waals surface area contributed by atoms with Crippen molar-refractivity contribution in [3.8, 4) is 17.3 Å². The third-order valence-electron chi connectivity index (χ3n) is 9.22. The summed E-state index contributed by atoms with van der Waals surface area (Å²) in [6.07, 6.45) is -0.646. The van der Waals surface area contributed by atoms with E-state index in [0.29, 0.717) is 11.5 Å². The number of methoxy groups -OCH3 is 1. The van der Waals surface area contributed by atoms with E-state index in [1.807, 2.05) is 63.2 Å². The van der Waals surface area contributed by atoms with Gasteiger partial charge in [0.2, 0.25) is 23.6 Å². The van der Waals surface area contributed by atoms with Gasteiger partial charge in [-0.2, -0.15) is 0 Å². The third-order valence-corrected chi connectivity index (χ3v) is 9.22. The van der Waals surface area contributed by atoms with Crippen LogP contribution in [0.15, 0.2) is 57.6 Å². The smallest absolute Gasteiger partial charge is 0.360 e. The molecule has 0 fully saturated rings. The summed E-state index contributed by atoms with van der Waals surface area (Å²) in [5, 5.41) is 19.9. The molecule has 48 heavy (non-hydrogen) atoms. The number of hydrogen-bond acceptors (Lipinski definition) is 11. The van der Waals surface area contributed by atoms with Crippen LogP contribution in [-0.2, 0) is 26.2 Å². The first kappa shape index (κ1) is 31.4. The number of hydrogen-bond donors (Lipinski definition) is 4. The predicted octanol–water partition coefficient (Wildman–Crippen LogP) is 3.86. The van der Waals surface area contributed by atoms with E-state index in [4.69, 9.17) is 23.3 Å². The van der Waals surface area contributed by atoms with E-state index in [1.54, 1.807) is 13.8 Å². The van der Waals surface area contributed by atoms with E-state index >= 15 is 0 Å². The number of amides is 2. The van der Waals surface area contributed by atoms with Crippen LogP contribution in [0.25, 0.3) is 11.6 Å². The van der Waals surface area contributed by atoms with Crippen LogP contribution in [0.5, 0.6) is 5.75 Å². The molecular weight excluding hydrogens is 618 g/mol. The molecule has 4 aromatic rings. The van der Waals surface area contributed by atoms with Crippen molar-refractivity contribution in [1.29, 1.82) is 0 Å². The first-order chi connectivity index (χ1) is 22.8. The molecule has 3 aliphatic rings. The maximum Gasteiger partial charge on any atom is 0.360 e. The molecule has 2 amide bonds. The van der Waals surface area contributed by atoms with Gasteiger partial charge in [0.05, 0.1) is 7.11 Å². The first-order valence-electron chi connectivity index (χ1n) is 15.8. The lowest BCUT2D eigenvalue weighted by molar-refractivity contribution is -0.136. The molecule has 1 unspecified atom stereocenters. The number of aliphatic hydroxyl groups is 1. The van der Waals surface area contributed by atoms with Crippen LogP contribution in [-0.4, -0.2) is 58.3 Å². The fraction of sp³-hybridized carbons (Fsp3) is 0.400. The minimum atomic E-state index is -1.30. The van der Waals surface area contributed by atoms with Crippen molar-refractivity contribution in [2.75, 3.05) is 12.4 Å². The van der Waals surface area contributed by atoms with Crippen LogP contribution < -0.4 is 20.7 Å². The number of aromatic nitrogens is 2. The first-order valence-corrected chi connectivity index (χ1v) is 15.8. The van der Waals surface area contributed by atoms with Gasteiger partial charge in [0.1, 0.15) is 35.6 Å². The number of benzene rings is 2. The second-order valence-corrected chi connectivity index (χ2v) is 13.8. The highest BCUT2D eigenvalue weighted by Crippen LogP contribution is 2.59. The van der Waals surface area contributed by atoms with Crippen LogP contribution in [0.3, 0.4) is 0 Å². The quantitative estimate of drug-likeness (QED) is 0.230. The number of esters is 1. The zero-order chi connectivity index (χ0) is 34.1. The number of nitrogens with one attached hydrogen (secondary N) is 3. The lowest BCUT2D eigenvalue weighted by Gasteiger charge is -2.32. The molecule has 13 heteroatoms. The molecule has 3 aliphatic heterocycles. The Morgan fingerprint density at radius 2 is 1.88 bits per heavy atom. The molecule has 5 atom stereocenters. The number of carbonyl (C=O) groups is 3. The summed E-state index contributed by atoms with van der Waals surface area (Å²) in [6.45, 7) is 9.24. The van der Waals surface area contributed by atoms with Crippen molar-refractivity contribution in [2.45, 2.75) is 70.9 Å². The second-order valence-electron chi connectivity index (χ2n) is 13.8. The lowest BCUT2D eigenvalue weighted by Crippen LogP contribution is -2.53. The van der Waals surface area contributed by atoms with E-state index in [9.17, 15) is 19.5 Å². The molecule has 4 bridgehead atoms. The maximum atomic E-state index is 14.1. The molecule has 0 aliphatic carbocycles. The summed E-state index contributed by atoms with van der Waals surface area (Å²) in [5.41, 5.74) is 1.57. The zero-order valence-corrected chi connectivity index (χ0v) is 27.4. The molecule has 4 N–H and O–H groups in total. The Kier molecular flexibility index (Phi) is 7.35. The molecular formula is C35H37N5O8. The minimum Gasteiger partial charge on any atom is -0.469 e. The summed E-state index contributed by atoms with van der Waals surface area (Å²) in [5.74, 6) is -1.06. The topological polar surface area (TPSA) is 178 Å². The van der Waals surface area contributed by atoms with E-state index in [-0.39, 0.29) is 35.5 Å². The molecule has 1 spiro atoms. The van der Waals surface area contributed by atoms with Gasteiger partial charge in [-0.3, -0.25) is 9.59 Å². The van der Waals surface area contributed by atoms with Crippen molar-refractivity contribution in [3.63, 3.8) is 0 Å². The maximum absolute atomic E-state index is 14.1. The summed E-state index contributed by atoms with van der Waals surface area (Å²) in [7, 11) is 1.25. The number of aliphatic hydroxyl groups excluding tert-OH is 1. The zero-order valence-electron chi connectivity index (χ0n) is 27.4. The number of carbonyl (C=O) groups excluding carboxylic acids is 3. The highest BCUT2D eigenvalue weighted by Gasteiger charge is 2.61. The summed E-state index contributed by atoms with van der Waals surface area (Å²) >= 11 is 0. The Labute approximate surface area is 276 Å². The van der Waals surface area contributed by atoms with Gasteiger partial charge in [0.25, 0.3) is 0 Å². The van der Waals surface area contributed by atoms with Gasteiger partial charge < -0.3 is 39.4 Å². The van der Waals surface area contributed by atoms with Crippen LogP contribution >= 0.6 is 0 Å². The van der Waals surface area contributed by atoms with Gasteiger partial charge in [-0.25, -0.2) is 14.8 Å². The van der Waals surface area contributed by atoms with Gasteiger partial charge in [0, 0.05) is 17.7 Å². The number of nitrogens with zero attached hydrogens (tertiary/aromatic N) is 2. The normalized spacial score (nSPS) is 23.1.